The Morgan fingerprint density at radius 1 is 1.09 bits per heavy atom. The maximum absolute atomic E-state index is 13.4. The number of carbonyl (C=O) groups is 4. The number of carbonyl (C=O) groups excluding carboxylic acids is 4. The summed E-state index contributed by atoms with van der Waals surface area (Å²) in [6.07, 6.45) is 7.00. The molecule has 43 heavy (non-hydrogen) atoms. The molecule has 4 aliphatic rings. The highest BCUT2D eigenvalue weighted by Gasteiger charge is 2.68. The van der Waals surface area contributed by atoms with Gasteiger partial charge in [0.2, 0.25) is 11.7 Å². The number of rotatable bonds is 9. The van der Waals surface area contributed by atoms with Crippen molar-refractivity contribution in [2.75, 3.05) is 13.2 Å². The number of benzene rings is 1. The van der Waals surface area contributed by atoms with E-state index in [0.717, 1.165) is 24.0 Å². The van der Waals surface area contributed by atoms with E-state index in [4.69, 9.17) is 4.74 Å². The zero-order valence-corrected chi connectivity index (χ0v) is 24.7. The first-order valence-electron chi connectivity index (χ1n) is 15.1. The normalized spacial score (nSPS) is 34.4. The topological polar surface area (TPSA) is 170 Å². The van der Waals surface area contributed by atoms with E-state index in [0.29, 0.717) is 12.8 Å². The molecular formula is C33H41NO9. The van der Waals surface area contributed by atoms with E-state index in [1.165, 1.54) is 12.1 Å². The first-order chi connectivity index (χ1) is 20.3. The second-order valence-electron chi connectivity index (χ2n) is 13.1. The molecule has 0 spiro atoms. The molecule has 1 amide bonds. The van der Waals surface area contributed by atoms with Crippen LogP contribution >= 0.6 is 0 Å². The number of amides is 1. The van der Waals surface area contributed by atoms with Gasteiger partial charge in [-0.15, -0.1) is 0 Å². The lowest BCUT2D eigenvalue weighted by Crippen LogP contribution is -2.61. The molecule has 0 aliphatic heterocycles. The van der Waals surface area contributed by atoms with E-state index < -0.39 is 40.9 Å². The summed E-state index contributed by atoms with van der Waals surface area (Å²) >= 11 is 0. The van der Waals surface area contributed by atoms with Crippen LogP contribution in [0.1, 0.15) is 64.4 Å². The first kappa shape index (κ1) is 30.9. The largest absolute Gasteiger partial charge is 0.504 e. The lowest BCUT2D eigenvalue weighted by molar-refractivity contribution is -0.181. The van der Waals surface area contributed by atoms with Crippen molar-refractivity contribution in [1.82, 2.24) is 5.32 Å². The van der Waals surface area contributed by atoms with Gasteiger partial charge >= 0.3 is 5.97 Å². The van der Waals surface area contributed by atoms with Gasteiger partial charge in [-0.25, -0.2) is 0 Å². The number of hydrogen-bond acceptors (Lipinski definition) is 9. The third kappa shape index (κ3) is 5.51. The third-order valence-corrected chi connectivity index (χ3v) is 10.8. The number of ether oxygens (including phenoxy) is 1. The summed E-state index contributed by atoms with van der Waals surface area (Å²) in [6.45, 7) is 3.59. The Hall–Kier alpha value is -3.50. The van der Waals surface area contributed by atoms with E-state index in [1.807, 2.05) is 13.0 Å². The molecule has 5 rings (SSSR count). The SMILES string of the molecule is C[C@]12C=CC(=O)C=C1CCC1C2C(O)C[C@@]2(C)C1CC[C@@]2(O)C(=O)COC(=O)CCC(=O)NCCc1ccc(O)c(O)c1. The molecule has 0 saturated heterocycles. The van der Waals surface area contributed by atoms with Crippen molar-refractivity contribution in [2.45, 2.75) is 76.9 Å². The van der Waals surface area contributed by atoms with Gasteiger partial charge in [-0.2, -0.15) is 0 Å². The Labute approximate surface area is 250 Å². The van der Waals surface area contributed by atoms with E-state index in [-0.39, 0.29) is 73.2 Å². The molecule has 3 fully saturated rings. The molecule has 10 heteroatoms. The highest BCUT2D eigenvalue weighted by atomic mass is 16.5. The number of esters is 1. The van der Waals surface area contributed by atoms with Gasteiger partial charge in [-0.3, -0.25) is 19.2 Å². The number of nitrogens with one attached hydrogen (secondary N) is 1. The van der Waals surface area contributed by atoms with Crippen molar-refractivity contribution in [3.05, 3.63) is 47.6 Å². The molecule has 1 aromatic carbocycles. The molecule has 3 saturated carbocycles. The van der Waals surface area contributed by atoms with Gasteiger partial charge < -0.3 is 30.5 Å². The van der Waals surface area contributed by atoms with Crippen molar-refractivity contribution in [3.63, 3.8) is 0 Å². The predicted octanol–water partition coefficient (Wildman–Crippen LogP) is 2.66. The Bertz CT molecular complexity index is 1380. The van der Waals surface area contributed by atoms with Crippen molar-refractivity contribution in [1.29, 1.82) is 0 Å². The Kier molecular flexibility index (Phi) is 8.30. The van der Waals surface area contributed by atoms with Crippen molar-refractivity contribution in [3.8, 4) is 11.5 Å². The number of aromatic hydroxyl groups is 2. The van der Waals surface area contributed by atoms with E-state index in [2.05, 4.69) is 12.2 Å². The number of Topliss-reactive ketones (excluding diaryl/α,β-unsaturated/α-hetero) is 1. The van der Waals surface area contributed by atoms with Crippen LogP contribution in [-0.2, 0) is 30.3 Å². The van der Waals surface area contributed by atoms with E-state index in [1.54, 1.807) is 18.2 Å². The van der Waals surface area contributed by atoms with Crippen LogP contribution in [0, 0.1) is 28.6 Å². The van der Waals surface area contributed by atoms with Gasteiger partial charge in [0, 0.05) is 29.7 Å². The Morgan fingerprint density at radius 3 is 2.60 bits per heavy atom. The van der Waals surface area contributed by atoms with Gasteiger partial charge in [0.15, 0.2) is 23.9 Å². The Morgan fingerprint density at radius 2 is 1.86 bits per heavy atom. The van der Waals surface area contributed by atoms with Crippen molar-refractivity contribution < 1.29 is 44.3 Å². The van der Waals surface area contributed by atoms with Crippen LogP contribution in [-0.4, -0.2) is 68.7 Å². The van der Waals surface area contributed by atoms with Gasteiger partial charge in [-0.05, 0) is 80.2 Å². The minimum atomic E-state index is -1.75. The summed E-state index contributed by atoms with van der Waals surface area (Å²) in [6, 6.07) is 4.40. The Balaban J connectivity index is 1.13. The second-order valence-corrected chi connectivity index (χ2v) is 13.1. The number of ketones is 2. The molecule has 5 N–H and O–H groups in total. The van der Waals surface area contributed by atoms with Crippen molar-refractivity contribution >= 4 is 23.4 Å². The molecule has 10 nitrogen and oxygen atoms in total. The standard InChI is InChI=1S/C33H41NO9/c1-31-12-9-21(35)16-20(31)4-5-22-23-10-13-33(42,32(23,2)17-26(38)30(22)31)27(39)18-43-29(41)8-7-28(40)34-14-11-19-3-6-24(36)25(37)15-19/h3,6,9,12,15-16,22-23,26,30,36-38,42H,4-5,7-8,10-11,13-14,17-18H2,1-2H3,(H,34,40)/t22?,23?,26?,30?,31-,32-,33+/m0/s1. The maximum atomic E-state index is 13.4. The van der Waals surface area contributed by atoms with Crippen LogP contribution in [0.15, 0.2) is 42.0 Å². The average molecular weight is 596 g/mol. The zero-order chi connectivity index (χ0) is 31.2. The minimum Gasteiger partial charge on any atom is -0.504 e. The lowest BCUT2D eigenvalue weighted by atomic mass is 9.46. The fourth-order valence-electron chi connectivity index (χ4n) is 8.50. The summed E-state index contributed by atoms with van der Waals surface area (Å²) in [7, 11) is 0. The molecule has 4 aliphatic carbocycles. The maximum Gasteiger partial charge on any atom is 0.306 e. The summed E-state index contributed by atoms with van der Waals surface area (Å²) < 4.78 is 5.19. The predicted molar refractivity (Wildman–Crippen MR) is 155 cm³/mol. The molecule has 232 valence electrons. The van der Waals surface area contributed by atoms with Gasteiger partial charge in [0.25, 0.3) is 0 Å². The number of phenolic OH excluding ortho intramolecular Hbond substituents is 2. The van der Waals surface area contributed by atoms with Gasteiger partial charge in [0.05, 0.1) is 12.5 Å². The molecular weight excluding hydrogens is 554 g/mol. The number of hydrogen-bond donors (Lipinski definition) is 5. The zero-order valence-electron chi connectivity index (χ0n) is 24.7. The molecule has 1 aromatic rings. The molecule has 0 aromatic heterocycles. The fourth-order valence-corrected chi connectivity index (χ4v) is 8.50. The van der Waals surface area contributed by atoms with Gasteiger partial charge in [-0.1, -0.05) is 31.6 Å². The van der Waals surface area contributed by atoms with Crippen LogP contribution in [0.4, 0.5) is 0 Å². The fraction of sp³-hybridized carbons (Fsp3) is 0.576. The van der Waals surface area contributed by atoms with Crippen LogP contribution in [0.25, 0.3) is 0 Å². The summed E-state index contributed by atoms with van der Waals surface area (Å²) in [5.41, 5.74) is -1.34. The quantitative estimate of drug-likeness (QED) is 0.213. The lowest BCUT2D eigenvalue weighted by Gasteiger charge is -2.59. The summed E-state index contributed by atoms with van der Waals surface area (Å²) in [4.78, 5) is 50.0. The van der Waals surface area contributed by atoms with Crippen LogP contribution in [0.5, 0.6) is 11.5 Å². The van der Waals surface area contributed by atoms with Crippen LogP contribution < -0.4 is 5.32 Å². The third-order valence-electron chi connectivity index (χ3n) is 10.8. The highest BCUT2D eigenvalue weighted by molar-refractivity contribution is 6.01. The number of aliphatic hydroxyl groups is 2. The highest BCUT2D eigenvalue weighted by Crippen LogP contribution is 2.67. The van der Waals surface area contributed by atoms with Crippen LogP contribution in [0.3, 0.4) is 0 Å². The number of fused-ring (bicyclic) bond motifs is 5. The van der Waals surface area contributed by atoms with Gasteiger partial charge in [0.1, 0.15) is 5.60 Å². The minimum absolute atomic E-state index is 0.0100. The second kappa shape index (κ2) is 11.5. The number of phenols is 2. The molecule has 0 heterocycles. The summed E-state index contributed by atoms with van der Waals surface area (Å²) in [5, 5.41) is 44.9. The molecule has 7 atom stereocenters. The van der Waals surface area contributed by atoms with E-state index >= 15 is 0 Å². The molecule has 4 unspecified atom stereocenters. The smallest absolute Gasteiger partial charge is 0.306 e. The number of allylic oxidation sites excluding steroid dienone is 4. The average Bonchev–Trinajstić information content (AvgIpc) is 3.23. The van der Waals surface area contributed by atoms with Crippen LogP contribution in [0.2, 0.25) is 0 Å². The first-order valence-corrected chi connectivity index (χ1v) is 15.1. The molecule has 0 radical (unpaired) electrons. The van der Waals surface area contributed by atoms with Crippen molar-refractivity contribution in [2.24, 2.45) is 28.6 Å². The monoisotopic (exact) mass is 595 g/mol. The number of aliphatic hydroxyl groups excluding tert-OH is 1. The van der Waals surface area contributed by atoms with E-state index in [9.17, 15) is 39.6 Å². The molecule has 0 bridgehead atoms. The summed E-state index contributed by atoms with van der Waals surface area (Å²) in [5.74, 6) is -2.27.